The van der Waals surface area contributed by atoms with Gasteiger partial charge < -0.3 is 4.74 Å². The fourth-order valence-corrected chi connectivity index (χ4v) is 10.5. The fourth-order valence-electron chi connectivity index (χ4n) is 10.5. The Morgan fingerprint density at radius 2 is 1.72 bits per heavy atom. The topological polar surface area (TPSA) is 63.7 Å². The summed E-state index contributed by atoms with van der Waals surface area (Å²) in [5.74, 6) is 0.0942. The van der Waals surface area contributed by atoms with Crippen molar-refractivity contribution in [1.82, 2.24) is 4.90 Å². The van der Waals surface area contributed by atoms with Crippen LogP contribution < -0.4 is 4.74 Å². The quantitative estimate of drug-likeness (QED) is 0.259. The largest absolute Gasteiger partial charge is 0.490 e. The van der Waals surface area contributed by atoms with Crippen LogP contribution in [0.3, 0.4) is 0 Å². The number of carbonyl (C=O) groups excluding carboxylic acids is 3. The van der Waals surface area contributed by atoms with Crippen molar-refractivity contribution in [3.63, 3.8) is 0 Å². The first-order valence-electron chi connectivity index (χ1n) is 14.7. The third-order valence-electron chi connectivity index (χ3n) is 11.8. The van der Waals surface area contributed by atoms with Crippen molar-refractivity contribution in [3.05, 3.63) is 54.1 Å². The highest BCUT2D eigenvalue weighted by molar-refractivity contribution is 6.19. The predicted molar refractivity (Wildman–Crippen MR) is 151 cm³/mol. The molecule has 1 aromatic rings. The number of ether oxygens (including phenoxy) is 1. The summed E-state index contributed by atoms with van der Waals surface area (Å²) in [6.07, 6.45) is 6.52. The van der Waals surface area contributed by atoms with E-state index in [4.69, 9.17) is 4.74 Å². The van der Waals surface area contributed by atoms with Crippen molar-refractivity contribution < 1.29 is 19.1 Å². The summed E-state index contributed by atoms with van der Waals surface area (Å²) < 4.78 is 7.01. The van der Waals surface area contributed by atoms with Crippen LogP contribution in [0.4, 0.5) is 0 Å². The summed E-state index contributed by atoms with van der Waals surface area (Å²) in [6, 6.07) is 8.00. The average molecular weight is 530 g/mol. The molecule has 0 aromatic heterocycles. The molecule has 0 N–H and O–H groups in total. The van der Waals surface area contributed by atoms with Crippen LogP contribution in [0, 0.1) is 57.7 Å². The molecule has 3 heterocycles. The molecule has 3 aliphatic heterocycles. The van der Waals surface area contributed by atoms with E-state index in [0.29, 0.717) is 18.3 Å². The minimum Gasteiger partial charge on any atom is -0.490 e. The molecule has 3 aliphatic carbocycles. The molecule has 208 valence electrons. The predicted octanol–water partition coefficient (Wildman–Crippen LogP) is 5.88. The Morgan fingerprint density at radius 3 is 2.36 bits per heavy atom. The summed E-state index contributed by atoms with van der Waals surface area (Å²) in [6.45, 7) is 17.4. The van der Waals surface area contributed by atoms with E-state index >= 15 is 4.79 Å². The Bertz CT molecular complexity index is 1300. The monoisotopic (exact) mass is 529 g/mol. The Morgan fingerprint density at radius 1 is 1.05 bits per heavy atom. The van der Waals surface area contributed by atoms with Gasteiger partial charge in [0.15, 0.2) is 5.78 Å². The van der Waals surface area contributed by atoms with Gasteiger partial charge in [-0.3, -0.25) is 19.3 Å². The second-order valence-electron chi connectivity index (χ2n) is 14.3. The number of amides is 2. The third-order valence-corrected chi connectivity index (χ3v) is 11.8. The van der Waals surface area contributed by atoms with Gasteiger partial charge in [-0.2, -0.15) is 0 Å². The maximum Gasteiger partial charge on any atom is 0.243 e. The van der Waals surface area contributed by atoms with Gasteiger partial charge in [-0.1, -0.05) is 57.6 Å². The molecular formula is C34H43NO4. The number of ketones is 1. The summed E-state index contributed by atoms with van der Waals surface area (Å²) >= 11 is 0. The fraction of sp³-hybridized carbons (Fsp3) is 0.618. The van der Waals surface area contributed by atoms with Crippen LogP contribution in [0.25, 0.3) is 0 Å². The zero-order valence-electron chi connectivity index (χ0n) is 24.5. The number of carbonyl (C=O) groups is 3. The molecule has 5 nitrogen and oxygen atoms in total. The van der Waals surface area contributed by atoms with E-state index in [0.717, 1.165) is 24.2 Å². The Balaban J connectivity index is 1.64. The van der Waals surface area contributed by atoms with Crippen molar-refractivity contribution in [1.29, 1.82) is 0 Å². The van der Waals surface area contributed by atoms with Gasteiger partial charge in [-0.15, -0.1) is 6.58 Å². The van der Waals surface area contributed by atoms with Gasteiger partial charge in [0.25, 0.3) is 0 Å². The van der Waals surface area contributed by atoms with Gasteiger partial charge in [-0.05, 0) is 74.0 Å². The number of likely N-dealkylation sites (tertiary alicyclic amines) is 1. The second-order valence-corrected chi connectivity index (χ2v) is 14.3. The van der Waals surface area contributed by atoms with Crippen molar-refractivity contribution in [2.24, 2.45) is 57.7 Å². The number of hydrogen-bond acceptors (Lipinski definition) is 4. The number of hydrogen-bond donors (Lipinski definition) is 0. The summed E-state index contributed by atoms with van der Waals surface area (Å²) in [4.78, 5) is 43.8. The van der Waals surface area contributed by atoms with Crippen molar-refractivity contribution in [3.8, 4) is 5.75 Å². The van der Waals surface area contributed by atoms with E-state index < -0.39 is 22.7 Å². The number of Topliss-reactive ketones (excluding diaryl/α,β-unsaturated/α-hetero) is 1. The first-order chi connectivity index (χ1) is 18.3. The highest BCUT2D eigenvalue weighted by atomic mass is 16.5. The number of benzene rings is 1. The lowest BCUT2D eigenvalue weighted by Gasteiger charge is -2.51. The van der Waals surface area contributed by atoms with Crippen LogP contribution in [0.1, 0.15) is 59.9 Å². The maximum absolute atomic E-state index is 15.2. The SMILES string of the molecule is C=CC1(C)C=C(C)C2C3C(Oc4ccc(cc4)CC4C(=O)N(C)C(=O)C4(C)C(=O)C31)C1C(C)CC(C)CC21C. The van der Waals surface area contributed by atoms with Crippen LogP contribution >= 0.6 is 0 Å². The summed E-state index contributed by atoms with van der Waals surface area (Å²) in [5.41, 5.74) is 0.0790. The van der Waals surface area contributed by atoms with E-state index in [9.17, 15) is 9.59 Å². The molecule has 0 radical (unpaired) electrons. The number of imide groups is 1. The molecular weight excluding hydrogens is 486 g/mol. The molecule has 5 heteroatoms. The highest BCUT2D eigenvalue weighted by Gasteiger charge is 2.70. The molecule has 1 saturated heterocycles. The number of fused-ring (bicyclic) bond motifs is 4. The highest BCUT2D eigenvalue weighted by Crippen LogP contribution is 2.69. The van der Waals surface area contributed by atoms with Gasteiger partial charge in [0.2, 0.25) is 11.8 Å². The van der Waals surface area contributed by atoms with Crippen LogP contribution in [-0.2, 0) is 20.8 Å². The molecule has 7 rings (SSSR count). The molecule has 2 saturated carbocycles. The molecule has 2 amide bonds. The average Bonchev–Trinajstić information content (AvgIpc) is 3.21. The Kier molecular flexibility index (Phi) is 5.72. The zero-order chi connectivity index (χ0) is 28.2. The van der Waals surface area contributed by atoms with Crippen molar-refractivity contribution >= 4 is 17.6 Å². The Hall–Kier alpha value is -2.69. The summed E-state index contributed by atoms with van der Waals surface area (Å²) in [7, 11) is 1.53. The Labute approximate surface area is 233 Å². The van der Waals surface area contributed by atoms with Crippen LogP contribution in [0.2, 0.25) is 0 Å². The molecule has 2 bridgehead atoms. The molecule has 0 spiro atoms. The van der Waals surface area contributed by atoms with E-state index in [2.05, 4.69) is 47.3 Å². The third kappa shape index (κ3) is 3.34. The lowest BCUT2D eigenvalue weighted by molar-refractivity contribution is -0.150. The molecule has 3 fully saturated rings. The van der Waals surface area contributed by atoms with E-state index in [1.165, 1.54) is 17.5 Å². The van der Waals surface area contributed by atoms with Gasteiger partial charge >= 0.3 is 0 Å². The van der Waals surface area contributed by atoms with Crippen LogP contribution in [0.5, 0.6) is 5.75 Å². The van der Waals surface area contributed by atoms with Gasteiger partial charge in [0.05, 0.1) is 5.92 Å². The minimum absolute atomic E-state index is 0.0409. The van der Waals surface area contributed by atoms with Crippen LogP contribution in [0.15, 0.2) is 48.6 Å². The molecule has 6 aliphatic rings. The number of allylic oxidation sites excluding steroid dienone is 3. The van der Waals surface area contributed by atoms with Gasteiger partial charge in [0, 0.05) is 30.2 Å². The number of nitrogens with zero attached hydrogens (tertiary/aromatic N) is 1. The maximum atomic E-state index is 15.2. The zero-order valence-corrected chi connectivity index (χ0v) is 24.5. The van der Waals surface area contributed by atoms with E-state index in [1.54, 1.807) is 6.92 Å². The van der Waals surface area contributed by atoms with E-state index in [-0.39, 0.29) is 46.9 Å². The normalized spacial score (nSPS) is 46.9. The molecule has 11 atom stereocenters. The van der Waals surface area contributed by atoms with E-state index in [1.807, 2.05) is 30.3 Å². The van der Waals surface area contributed by atoms with Crippen LogP contribution in [-0.4, -0.2) is 35.6 Å². The number of rotatable bonds is 1. The second kappa shape index (κ2) is 8.41. The first-order valence-corrected chi connectivity index (χ1v) is 14.7. The first kappa shape index (κ1) is 26.5. The molecule has 39 heavy (non-hydrogen) atoms. The van der Waals surface area contributed by atoms with Gasteiger partial charge in [-0.25, -0.2) is 0 Å². The standard InChI is InChI=1S/C34H43NO4/c1-9-32(5)17-20(4)25-24-27(32)29(36)34(7)23(30(37)35(8)31(34)38)15-21-10-12-22(13-11-21)39-28(24)26-19(3)14-18(2)16-33(25,26)6/h9-13,17-19,23-28H,1,14-16H2,2-8H3. The minimum atomic E-state index is -1.44. The smallest absolute Gasteiger partial charge is 0.243 e. The molecule has 1 aromatic carbocycles. The molecule has 11 unspecified atom stereocenters. The van der Waals surface area contributed by atoms with Gasteiger partial charge in [0.1, 0.15) is 17.3 Å². The lowest BCUT2D eigenvalue weighted by Crippen LogP contribution is -2.55. The van der Waals surface area contributed by atoms with Crippen molar-refractivity contribution in [2.75, 3.05) is 7.05 Å². The lowest BCUT2D eigenvalue weighted by atomic mass is 9.52. The van der Waals surface area contributed by atoms with Crippen molar-refractivity contribution in [2.45, 2.75) is 66.9 Å². The summed E-state index contributed by atoms with van der Waals surface area (Å²) in [5, 5.41) is 0.